The molecule has 1 amide bonds. The molecule has 3 rings (SSSR count). The number of rotatable bonds is 6. The van der Waals surface area contributed by atoms with E-state index in [2.05, 4.69) is 4.98 Å². The predicted octanol–water partition coefficient (Wildman–Crippen LogP) is 0.691. The van der Waals surface area contributed by atoms with Gasteiger partial charge in [0, 0.05) is 36.5 Å². The first-order valence-electron chi connectivity index (χ1n) is 7.67. The van der Waals surface area contributed by atoms with Gasteiger partial charge in [0.25, 0.3) is 5.56 Å². The molecule has 25 heavy (non-hydrogen) atoms. The summed E-state index contributed by atoms with van der Waals surface area (Å²) in [6, 6.07) is 1.48. The molecule has 0 aliphatic carbocycles. The number of thiazole rings is 1. The number of hydrogen-bond donors (Lipinski definition) is 1. The molecule has 0 radical (unpaired) electrons. The normalized spacial score (nSPS) is 17.8. The smallest absolute Gasteiger partial charge is 0.306 e. The van der Waals surface area contributed by atoms with Crippen LogP contribution in [0.4, 0.5) is 0 Å². The van der Waals surface area contributed by atoms with Crippen LogP contribution in [0, 0.1) is 0 Å². The van der Waals surface area contributed by atoms with Crippen molar-refractivity contribution in [3.63, 3.8) is 0 Å². The number of morpholine rings is 1. The molecule has 0 saturated carbocycles. The van der Waals surface area contributed by atoms with E-state index in [1.54, 1.807) is 16.5 Å². The number of fused-ring (bicyclic) bond motifs is 1. The summed E-state index contributed by atoms with van der Waals surface area (Å²) >= 11 is 2.78. The zero-order valence-corrected chi connectivity index (χ0v) is 14.9. The summed E-state index contributed by atoms with van der Waals surface area (Å²) in [6.45, 7) is 1.12. The lowest BCUT2D eigenvalue weighted by Gasteiger charge is -2.32. The minimum absolute atomic E-state index is 0.0578. The molecule has 1 saturated heterocycles. The second-order valence-electron chi connectivity index (χ2n) is 5.56. The Bertz CT molecular complexity index is 834. The Morgan fingerprint density at radius 3 is 3.12 bits per heavy atom. The summed E-state index contributed by atoms with van der Waals surface area (Å²) in [5, 5.41) is 10.6. The maximum Gasteiger partial charge on any atom is 0.306 e. The molecule has 3 heterocycles. The van der Waals surface area contributed by atoms with Crippen LogP contribution in [0.2, 0.25) is 0 Å². The number of ether oxygens (including phenoxy) is 1. The van der Waals surface area contributed by atoms with Crippen LogP contribution >= 0.6 is 23.1 Å². The fourth-order valence-corrected chi connectivity index (χ4v) is 4.12. The van der Waals surface area contributed by atoms with Crippen molar-refractivity contribution in [3.05, 3.63) is 33.7 Å². The van der Waals surface area contributed by atoms with Gasteiger partial charge < -0.3 is 14.7 Å². The van der Waals surface area contributed by atoms with Gasteiger partial charge in [0.1, 0.15) is 0 Å². The molecule has 0 aromatic carbocycles. The van der Waals surface area contributed by atoms with Gasteiger partial charge in [-0.2, -0.15) is 0 Å². The number of hydrogen-bond acceptors (Lipinski definition) is 7. The minimum Gasteiger partial charge on any atom is -0.481 e. The molecule has 0 bridgehead atoms. The third kappa shape index (κ3) is 4.59. The highest BCUT2D eigenvalue weighted by Gasteiger charge is 2.25. The zero-order chi connectivity index (χ0) is 17.8. The molecular formula is C15H17N3O5S2. The predicted molar refractivity (Wildman–Crippen MR) is 94.1 cm³/mol. The quantitative estimate of drug-likeness (QED) is 0.783. The Balaban J connectivity index is 1.51. The van der Waals surface area contributed by atoms with E-state index in [9.17, 15) is 14.4 Å². The summed E-state index contributed by atoms with van der Waals surface area (Å²) in [5.74, 6) is -0.267. The third-order valence-electron chi connectivity index (χ3n) is 3.73. The summed E-state index contributed by atoms with van der Waals surface area (Å²) in [6.07, 6.45) is 1.12. The van der Waals surface area contributed by atoms with Crippen molar-refractivity contribution < 1.29 is 19.4 Å². The SMILES string of the molecule is O=C(O)CC1CN(C(=O)CSCc2cc(=O)n3ccsc3n2)CCO1. The van der Waals surface area contributed by atoms with Crippen molar-refractivity contribution in [1.82, 2.24) is 14.3 Å². The van der Waals surface area contributed by atoms with E-state index >= 15 is 0 Å². The highest BCUT2D eigenvalue weighted by atomic mass is 32.2. The molecular weight excluding hydrogens is 366 g/mol. The molecule has 1 fully saturated rings. The topological polar surface area (TPSA) is 101 Å². The highest BCUT2D eigenvalue weighted by molar-refractivity contribution is 7.99. The molecule has 1 N–H and O–H groups in total. The molecule has 1 unspecified atom stereocenters. The molecule has 1 atom stereocenters. The van der Waals surface area contributed by atoms with E-state index in [4.69, 9.17) is 9.84 Å². The van der Waals surface area contributed by atoms with Crippen molar-refractivity contribution in [3.8, 4) is 0 Å². The van der Waals surface area contributed by atoms with Crippen LogP contribution in [0.1, 0.15) is 12.1 Å². The van der Waals surface area contributed by atoms with Gasteiger partial charge in [0.2, 0.25) is 5.91 Å². The van der Waals surface area contributed by atoms with Crippen LogP contribution in [-0.2, 0) is 20.1 Å². The fourth-order valence-electron chi connectivity index (χ4n) is 2.56. The summed E-state index contributed by atoms with van der Waals surface area (Å²) < 4.78 is 6.85. The molecule has 8 nitrogen and oxygen atoms in total. The van der Waals surface area contributed by atoms with Gasteiger partial charge in [0.05, 0.1) is 30.6 Å². The van der Waals surface area contributed by atoms with Gasteiger partial charge in [-0.3, -0.25) is 18.8 Å². The zero-order valence-electron chi connectivity index (χ0n) is 13.3. The molecule has 1 aliphatic rings. The van der Waals surface area contributed by atoms with Crippen molar-refractivity contribution >= 4 is 39.9 Å². The minimum atomic E-state index is -0.935. The average Bonchev–Trinajstić information content (AvgIpc) is 3.03. The monoisotopic (exact) mass is 383 g/mol. The second kappa shape index (κ2) is 7.98. The first kappa shape index (κ1) is 17.9. The number of carboxylic acids is 1. The van der Waals surface area contributed by atoms with Crippen LogP contribution < -0.4 is 5.56 Å². The molecule has 10 heteroatoms. The number of carbonyl (C=O) groups excluding carboxylic acids is 1. The Hall–Kier alpha value is -1.91. The number of nitrogens with zero attached hydrogens (tertiary/aromatic N) is 3. The summed E-state index contributed by atoms with van der Waals surface area (Å²) in [7, 11) is 0. The first-order chi connectivity index (χ1) is 12.0. The number of carbonyl (C=O) groups is 2. The average molecular weight is 383 g/mol. The van der Waals surface area contributed by atoms with Gasteiger partial charge in [-0.05, 0) is 0 Å². The molecule has 134 valence electrons. The standard InChI is InChI=1S/C15H17N3O5S2/c19-12-5-10(16-15-18(12)2-4-25-15)8-24-9-13(20)17-1-3-23-11(7-17)6-14(21)22/h2,4-5,11H,1,3,6-9H2,(H,21,22). The van der Waals surface area contributed by atoms with E-state index in [1.807, 2.05) is 0 Å². The van der Waals surface area contributed by atoms with E-state index < -0.39 is 12.1 Å². The third-order valence-corrected chi connectivity index (χ3v) is 5.43. The van der Waals surface area contributed by atoms with Crippen LogP contribution in [0.25, 0.3) is 4.96 Å². The van der Waals surface area contributed by atoms with Gasteiger partial charge in [-0.15, -0.1) is 23.1 Å². The molecule has 2 aromatic heterocycles. The number of aliphatic carboxylic acids is 1. The molecule has 0 spiro atoms. The van der Waals surface area contributed by atoms with Gasteiger partial charge in [-0.1, -0.05) is 0 Å². The fraction of sp³-hybridized carbons (Fsp3) is 0.467. The maximum atomic E-state index is 12.3. The van der Waals surface area contributed by atoms with E-state index in [0.29, 0.717) is 36.1 Å². The Morgan fingerprint density at radius 1 is 1.48 bits per heavy atom. The second-order valence-corrected chi connectivity index (χ2v) is 7.42. The van der Waals surface area contributed by atoms with E-state index in [0.717, 1.165) is 0 Å². The number of thioether (sulfide) groups is 1. The van der Waals surface area contributed by atoms with Crippen LogP contribution in [0.15, 0.2) is 22.4 Å². The van der Waals surface area contributed by atoms with Crippen LogP contribution in [0.3, 0.4) is 0 Å². The van der Waals surface area contributed by atoms with Crippen LogP contribution in [0.5, 0.6) is 0 Å². The van der Waals surface area contributed by atoms with E-state index in [1.165, 1.54) is 33.6 Å². The first-order valence-corrected chi connectivity index (χ1v) is 9.71. The van der Waals surface area contributed by atoms with Crippen molar-refractivity contribution in [1.29, 1.82) is 0 Å². The Labute approximate surface area is 151 Å². The lowest BCUT2D eigenvalue weighted by Crippen LogP contribution is -2.46. The van der Waals surface area contributed by atoms with Crippen molar-refractivity contribution in [2.45, 2.75) is 18.3 Å². The lowest BCUT2D eigenvalue weighted by atomic mass is 10.2. The molecule has 1 aliphatic heterocycles. The summed E-state index contributed by atoms with van der Waals surface area (Å²) in [5.41, 5.74) is 0.522. The largest absolute Gasteiger partial charge is 0.481 e. The lowest BCUT2D eigenvalue weighted by molar-refractivity contribution is -0.146. The highest BCUT2D eigenvalue weighted by Crippen LogP contribution is 2.15. The van der Waals surface area contributed by atoms with Gasteiger partial charge in [0.15, 0.2) is 4.96 Å². The number of aromatic nitrogens is 2. The van der Waals surface area contributed by atoms with Gasteiger partial charge in [-0.25, -0.2) is 4.98 Å². The van der Waals surface area contributed by atoms with Crippen LogP contribution in [-0.4, -0.2) is 62.8 Å². The van der Waals surface area contributed by atoms with Crippen molar-refractivity contribution in [2.24, 2.45) is 0 Å². The number of carboxylic acid groups (broad SMARTS) is 1. The molecule has 2 aromatic rings. The summed E-state index contributed by atoms with van der Waals surface area (Å²) in [4.78, 5) is 41.6. The van der Waals surface area contributed by atoms with E-state index in [-0.39, 0.29) is 23.6 Å². The Kier molecular flexibility index (Phi) is 5.71. The number of amides is 1. The van der Waals surface area contributed by atoms with Crippen molar-refractivity contribution in [2.75, 3.05) is 25.4 Å². The Morgan fingerprint density at radius 2 is 2.32 bits per heavy atom. The van der Waals surface area contributed by atoms with Gasteiger partial charge >= 0.3 is 5.97 Å². The maximum absolute atomic E-state index is 12.3.